The van der Waals surface area contributed by atoms with Crippen molar-refractivity contribution in [1.29, 1.82) is 5.41 Å². The smallest absolute Gasteiger partial charge is 0.305 e. The number of rotatable bonds is 22. The number of hydrogen-bond donors (Lipinski definition) is 21. The van der Waals surface area contributed by atoms with Crippen LogP contribution in [0.2, 0.25) is 0 Å². The molecule has 1 fully saturated rings. The molecule has 4 aromatic carbocycles. The molecule has 610 valence electrons. The molecule has 12 atom stereocenters. The van der Waals surface area contributed by atoms with E-state index in [0.717, 1.165) is 22.5 Å². The predicted molar refractivity (Wildman–Crippen MR) is 423 cm³/mol. The van der Waals surface area contributed by atoms with E-state index in [4.69, 9.17) is 22.6 Å². The third-order valence-corrected chi connectivity index (χ3v) is 20.3. The number of aromatic amines is 2. The summed E-state index contributed by atoms with van der Waals surface area (Å²) in [6.07, 6.45) is 2.06. The van der Waals surface area contributed by atoms with E-state index in [2.05, 4.69) is 79.1 Å². The lowest BCUT2D eigenvalue weighted by Gasteiger charge is -2.29. The number of aliphatic hydroxyl groups is 1. The zero-order valence-electron chi connectivity index (χ0n) is 64.0. The number of nitrogens with one attached hydrogen (secondary N) is 16. The van der Waals surface area contributed by atoms with E-state index >= 15 is 14.4 Å². The van der Waals surface area contributed by atoms with Crippen molar-refractivity contribution < 1.29 is 77.3 Å². The van der Waals surface area contributed by atoms with Crippen LogP contribution < -0.4 is 86.3 Å². The van der Waals surface area contributed by atoms with Crippen LogP contribution in [0, 0.1) is 23.2 Å². The molecule has 3 heterocycles. The summed E-state index contributed by atoms with van der Waals surface area (Å²) in [5, 5.41) is 65.1. The maximum absolute atomic E-state index is 15.0. The second-order valence-electron chi connectivity index (χ2n) is 28.6. The molecule has 2 aromatic heterocycles. The average Bonchev–Trinajstić information content (AvgIpc) is 1.76. The molecule has 0 bridgehead atoms. The molecule has 113 heavy (non-hydrogen) atoms. The van der Waals surface area contributed by atoms with Crippen molar-refractivity contribution in [2.45, 2.75) is 172 Å². The number of primary amides is 1. The molecule has 6 aromatic rings. The second-order valence-corrected chi connectivity index (χ2v) is 29.7. The number of guanidine groups is 1. The van der Waals surface area contributed by atoms with E-state index in [1.165, 1.54) is 0 Å². The SMILES string of the molecule is CC[C@H](C)[C@@H]1NC(=O)[C@H](Cc2ccc3ccccc3c2)NC(=O)CSC[C@@H](C(N)=O)NC(=O)[C@H](C(C)C)NC(=O)[C@H](Cc2c[nH]c3ccccc23)NC(=O)[C@H](CCCCN)NC(=O)[C@H](C(C)C)NC(=O)[C@H](Cc2c[nH]c3ccccc23)NC(=O)[C@H](CC(=O)O)NC(=O)[C@H](CCCNC(=N)N)NC(=O)CNC(=O)[C@@H](CO)NC1=O. The largest absolute Gasteiger partial charge is 0.481 e. The van der Waals surface area contributed by atoms with Gasteiger partial charge >= 0.3 is 5.97 Å². The lowest BCUT2D eigenvalue weighted by Crippen LogP contribution is -2.62. The summed E-state index contributed by atoms with van der Waals surface area (Å²) in [6, 6.07) is 9.74. The number of thioether (sulfide) groups is 1. The highest BCUT2D eigenvalue weighted by Crippen LogP contribution is 2.24. The van der Waals surface area contributed by atoms with Gasteiger partial charge in [-0.1, -0.05) is 127 Å². The number of unbranched alkanes of at least 4 members (excludes halogenated alkanes) is 1. The number of carbonyl (C=O) groups is 14. The summed E-state index contributed by atoms with van der Waals surface area (Å²) < 4.78 is 0. The molecule has 36 heteroatoms. The van der Waals surface area contributed by atoms with Crippen molar-refractivity contribution >= 4 is 133 Å². The summed E-state index contributed by atoms with van der Waals surface area (Å²) in [5.41, 5.74) is 20.2. The fourth-order valence-electron chi connectivity index (χ4n) is 12.8. The van der Waals surface area contributed by atoms with Gasteiger partial charge in [0.2, 0.25) is 76.8 Å². The number of nitrogens with two attached hydrogens (primary N) is 3. The summed E-state index contributed by atoms with van der Waals surface area (Å²) in [4.78, 5) is 207. The zero-order chi connectivity index (χ0) is 82.6. The van der Waals surface area contributed by atoms with Crippen molar-refractivity contribution in [2.24, 2.45) is 35.0 Å². The molecule has 0 radical (unpaired) electrons. The average molecular weight is 1580 g/mol. The zero-order valence-corrected chi connectivity index (χ0v) is 64.8. The lowest BCUT2D eigenvalue weighted by atomic mass is 9.96. The number of fused-ring (bicyclic) bond motifs is 3. The van der Waals surface area contributed by atoms with Crippen molar-refractivity contribution in [3.05, 3.63) is 120 Å². The van der Waals surface area contributed by atoms with E-state index in [9.17, 15) is 63.0 Å². The molecule has 24 N–H and O–H groups in total. The molecule has 0 aliphatic carbocycles. The molecule has 1 aliphatic heterocycles. The summed E-state index contributed by atoms with van der Waals surface area (Å²) in [5.74, 6) is -17.5. The van der Waals surface area contributed by atoms with Crippen LogP contribution in [0.4, 0.5) is 0 Å². The number of carbonyl (C=O) groups excluding carboxylic acids is 13. The van der Waals surface area contributed by atoms with Gasteiger partial charge < -0.3 is 107 Å². The second kappa shape index (κ2) is 43.2. The topological polar surface area (TPSA) is 569 Å². The van der Waals surface area contributed by atoms with Crippen LogP contribution in [0.3, 0.4) is 0 Å². The summed E-state index contributed by atoms with van der Waals surface area (Å²) in [6.45, 7) is 7.95. The molecule has 35 nitrogen and oxygen atoms in total. The number of para-hydroxylation sites is 2. The quantitative estimate of drug-likeness (QED) is 0.0214. The monoisotopic (exact) mass is 1580 g/mol. The molecule has 0 unspecified atom stereocenters. The van der Waals surface area contributed by atoms with Crippen LogP contribution >= 0.6 is 11.8 Å². The third kappa shape index (κ3) is 26.5. The first-order valence-electron chi connectivity index (χ1n) is 37.5. The molecule has 13 amide bonds. The van der Waals surface area contributed by atoms with Gasteiger partial charge in [0, 0.05) is 65.8 Å². The standard InChI is InChI=1S/C77H105N19O16S/c1-7-42(6)65-76(112)92-58(37-97)67(103)85-36-60(98)86-52(24-16-28-82-77(80)81)68(104)91-57(33-62(100)101)70(106)90-56(32-47-35-84-51-22-13-11-20-49(47)51)73(109)94-63(40(2)3)74(110)88-53(23-14-15-27-78)69(105)89-55(31-46-34-83-50-21-12-10-19-48(46)50)72(108)95-64(41(4)5)75(111)93-59(66(79)102)38-113-39-61(99)87-54(71(107)96-65)30-43-25-26-44-17-8-9-18-45(44)29-43/h8-13,17-22,25-26,29,34-35,40-42,52-59,63-65,83-84,97H,7,14-16,23-24,27-28,30-33,36-39,78H2,1-6H3,(H2,79,102)(H,85,103)(H,86,98)(H,87,99)(H,88,110)(H,89,105)(H,90,106)(H,91,104)(H,92,112)(H,93,111)(H,94,109)(H,95,108)(H,96,107)(H,100,101)(H4,80,81,82)/t42-,52-,53-,54-,55-,56-,57-,58+,59-,63-,64-,65-/m0/s1. The van der Waals surface area contributed by atoms with Gasteiger partial charge in [-0.05, 0) is 96.0 Å². The van der Waals surface area contributed by atoms with Gasteiger partial charge in [-0.3, -0.25) is 72.5 Å². The molecule has 7 rings (SSSR count). The van der Waals surface area contributed by atoms with Gasteiger partial charge in [0.15, 0.2) is 5.96 Å². The van der Waals surface area contributed by atoms with Crippen LogP contribution in [-0.4, -0.2) is 213 Å². The number of carboxylic acid groups (broad SMARTS) is 1. The van der Waals surface area contributed by atoms with Crippen LogP contribution in [-0.2, 0) is 86.4 Å². The van der Waals surface area contributed by atoms with Gasteiger partial charge in [0.25, 0.3) is 0 Å². The maximum Gasteiger partial charge on any atom is 0.305 e. The number of aliphatic carboxylic acids is 1. The van der Waals surface area contributed by atoms with E-state index in [-0.39, 0.29) is 70.2 Å². The Balaban J connectivity index is 1.26. The molecule has 0 saturated carbocycles. The fraction of sp³-hybridized carbons (Fsp3) is 0.468. The predicted octanol–water partition coefficient (Wildman–Crippen LogP) is -1.27. The minimum absolute atomic E-state index is 0.000984. The number of aliphatic hydroxyl groups excluding tert-OH is 1. The first-order chi connectivity index (χ1) is 53.9. The van der Waals surface area contributed by atoms with E-state index < -0.39 is 198 Å². The number of hydrogen-bond acceptors (Lipinski definition) is 18. The lowest BCUT2D eigenvalue weighted by molar-refractivity contribution is -0.141. The molecule has 0 spiro atoms. The molecular weight excluding hydrogens is 1480 g/mol. The number of aromatic nitrogens is 2. The third-order valence-electron chi connectivity index (χ3n) is 19.3. The highest BCUT2D eigenvalue weighted by molar-refractivity contribution is 8.00. The first-order valence-corrected chi connectivity index (χ1v) is 38.7. The Bertz CT molecular complexity index is 4400. The minimum Gasteiger partial charge on any atom is -0.481 e. The van der Waals surface area contributed by atoms with Crippen molar-refractivity contribution in [2.75, 3.05) is 37.7 Å². The van der Waals surface area contributed by atoms with E-state index in [1.54, 1.807) is 109 Å². The number of H-pyrrole nitrogens is 2. The Labute approximate surface area is 656 Å². The van der Waals surface area contributed by atoms with E-state index in [0.29, 0.717) is 44.9 Å². The van der Waals surface area contributed by atoms with Gasteiger partial charge in [-0.25, -0.2) is 0 Å². The van der Waals surface area contributed by atoms with Gasteiger partial charge in [-0.2, -0.15) is 0 Å². The van der Waals surface area contributed by atoms with Crippen molar-refractivity contribution in [3.63, 3.8) is 0 Å². The Kier molecular flexibility index (Phi) is 33.9. The number of carboxylic acids is 1. The summed E-state index contributed by atoms with van der Waals surface area (Å²) >= 11 is 0.862. The highest BCUT2D eigenvalue weighted by Gasteiger charge is 2.39. The Hall–Kier alpha value is -11.7. The van der Waals surface area contributed by atoms with Crippen LogP contribution in [0.25, 0.3) is 32.6 Å². The highest BCUT2D eigenvalue weighted by atomic mass is 32.2. The van der Waals surface area contributed by atoms with Gasteiger partial charge in [0.1, 0.15) is 66.5 Å². The molecular formula is C77H105N19O16S. The molecule has 1 saturated heterocycles. The minimum atomic E-state index is -1.99. The van der Waals surface area contributed by atoms with Crippen LogP contribution in [0.1, 0.15) is 103 Å². The van der Waals surface area contributed by atoms with Gasteiger partial charge in [0.05, 0.1) is 25.3 Å². The van der Waals surface area contributed by atoms with Crippen molar-refractivity contribution in [1.82, 2.24) is 79.1 Å². The van der Waals surface area contributed by atoms with Crippen LogP contribution in [0.15, 0.2) is 103 Å². The van der Waals surface area contributed by atoms with Crippen LogP contribution in [0.5, 0.6) is 0 Å². The Morgan fingerprint density at radius 1 is 0.522 bits per heavy atom. The normalized spacial score (nSPS) is 23.1. The van der Waals surface area contributed by atoms with Crippen molar-refractivity contribution in [3.8, 4) is 0 Å². The fourth-order valence-corrected chi connectivity index (χ4v) is 13.6. The van der Waals surface area contributed by atoms with Gasteiger partial charge in [-0.15, -0.1) is 11.8 Å². The number of benzene rings is 4. The summed E-state index contributed by atoms with van der Waals surface area (Å²) in [7, 11) is 0. The van der Waals surface area contributed by atoms with E-state index in [1.807, 2.05) is 36.4 Å². The maximum atomic E-state index is 15.0. The first kappa shape index (κ1) is 88.6. The molecule has 1 aliphatic rings. The Morgan fingerprint density at radius 2 is 0.991 bits per heavy atom. The number of amides is 13. The Morgan fingerprint density at radius 3 is 1.53 bits per heavy atom.